The van der Waals surface area contributed by atoms with Crippen LogP contribution in [0.4, 0.5) is 0 Å². The fourth-order valence-corrected chi connectivity index (χ4v) is 3.36. The van der Waals surface area contributed by atoms with Crippen LogP contribution in [-0.2, 0) is 6.42 Å². The first-order valence-corrected chi connectivity index (χ1v) is 7.55. The van der Waals surface area contributed by atoms with Crippen LogP contribution >= 0.6 is 23.2 Å². The molecule has 100 valence electrons. The van der Waals surface area contributed by atoms with Crippen LogP contribution in [0.1, 0.15) is 38.2 Å². The zero-order valence-corrected chi connectivity index (χ0v) is 12.3. The van der Waals surface area contributed by atoms with Gasteiger partial charge in [0.15, 0.2) is 0 Å². The van der Waals surface area contributed by atoms with E-state index in [0.29, 0.717) is 12.0 Å². The lowest BCUT2D eigenvalue weighted by molar-refractivity contribution is 0.227. The summed E-state index contributed by atoms with van der Waals surface area (Å²) >= 11 is 12.3. The monoisotopic (exact) mass is 285 g/mol. The Morgan fingerprint density at radius 3 is 2.78 bits per heavy atom. The minimum atomic E-state index is 0.308. The van der Waals surface area contributed by atoms with Gasteiger partial charge in [-0.15, -0.1) is 0 Å². The molecule has 1 aromatic carbocycles. The Kier molecular flexibility index (Phi) is 4.94. The molecular weight excluding hydrogens is 265 g/mol. The Hall–Kier alpha value is -0.240. The SMILES string of the molecule is CCC1CCC(N)C(Cc2cc(Cl)ccc2Cl)C1. The highest BCUT2D eigenvalue weighted by atomic mass is 35.5. The Morgan fingerprint density at radius 2 is 2.06 bits per heavy atom. The van der Waals surface area contributed by atoms with Gasteiger partial charge in [-0.05, 0) is 61.3 Å². The Morgan fingerprint density at radius 1 is 1.28 bits per heavy atom. The summed E-state index contributed by atoms with van der Waals surface area (Å²) in [6.45, 7) is 2.27. The van der Waals surface area contributed by atoms with Crippen LogP contribution in [-0.4, -0.2) is 6.04 Å². The van der Waals surface area contributed by atoms with E-state index in [1.165, 1.54) is 19.3 Å². The smallest absolute Gasteiger partial charge is 0.0439 e. The average molecular weight is 286 g/mol. The van der Waals surface area contributed by atoms with Gasteiger partial charge in [0.25, 0.3) is 0 Å². The second-order valence-electron chi connectivity index (χ2n) is 5.45. The van der Waals surface area contributed by atoms with E-state index < -0.39 is 0 Å². The maximum Gasteiger partial charge on any atom is 0.0439 e. The molecule has 3 unspecified atom stereocenters. The quantitative estimate of drug-likeness (QED) is 0.857. The lowest BCUT2D eigenvalue weighted by atomic mass is 9.75. The van der Waals surface area contributed by atoms with Crippen LogP contribution < -0.4 is 5.73 Å². The fraction of sp³-hybridized carbons (Fsp3) is 0.600. The van der Waals surface area contributed by atoms with Crippen molar-refractivity contribution in [3.8, 4) is 0 Å². The summed E-state index contributed by atoms with van der Waals surface area (Å²) in [6.07, 6.45) is 5.85. The molecule has 1 aliphatic carbocycles. The highest BCUT2D eigenvalue weighted by Gasteiger charge is 2.27. The standard InChI is InChI=1S/C15H21Cl2N/c1-2-10-3-6-15(18)12(7-10)8-11-9-13(16)4-5-14(11)17/h4-5,9-10,12,15H,2-3,6-8,18H2,1H3. The highest BCUT2D eigenvalue weighted by molar-refractivity contribution is 6.33. The molecule has 1 nitrogen and oxygen atoms in total. The van der Waals surface area contributed by atoms with Gasteiger partial charge in [0.2, 0.25) is 0 Å². The van der Waals surface area contributed by atoms with Crippen molar-refractivity contribution in [2.24, 2.45) is 17.6 Å². The van der Waals surface area contributed by atoms with E-state index in [-0.39, 0.29) is 0 Å². The van der Waals surface area contributed by atoms with Crippen molar-refractivity contribution < 1.29 is 0 Å². The first-order valence-electron chi connectivity index (χ1n) is 6.79. The molecular formula is C15H21Cl2N. The molecule has 0 amide bonds. The van der Waals surface area contributed by atoms with Crippen molar-refractivity contribution in [2.75, 3.05) is 0 Å². The van der Waals surface area contributed by atoms with E-state index in [1.54, 1.807) is 0 Å². The highest BCUT2D eigenvalue weighted by Crippen LogP contribution is 2.34. The molecule has 1 aliphatic rings. The van der Waals surface area contributed by atoms with E-state index in [2.05, 4.69) is 6.92 Å². The molecule has 0 heterocycles. The fourth-order valence-electron chi connectivity index (χ4n) is 2.97. The topological polar surface area (TPSA) is 26.0 Å². The number of rotatable bonds is 3. The summed E-state index contributed by atoms with van der Waals surface area (Å²) in [5.74, 6) is 1.37. The van der Waals surface area contributed by atoms with Gasteiger partial charge in [-0.3, -0.25) is 0 Å². The zero-order valence-electron chi connectivity index (χ0n) is 10.8. The lowest BCUT2D eigenvalue weighted by Gasteiger charge is -2.34. The molecule has 0 radical (unpaired) electrons. The minimum Gasteiger partial charge on any atom is -0.327 e. The summed E-state index contributed by atoms with van der Waals surface area (Å²) < 4.78 is 0. The summed E-state index contributed by atoms with van der Waals surface area (Å²) in [6, 6.07) is 6.00. The predicted molar refractivity (Wildman–Crippen MR) is 79.3 cm³/mol. The molecule has 0 bridgehead atoms. The number of hydrogen-bond acceptors (Lipinski definition) is 1. The second-order valence-corrected chi connectivity index (χ2v) is 6.29. The normalized spacial score (nSPS) is 28.3. The molecule has 2 rings (SSSR count). The van der Waals surface area contributed by atoms with Gasteiger partial charge >= 0.3 is 0 Å². The number of benzene rings is 1. The first kappa shape index (κ1) is 14.2. The van der Waals surface area contributed by atoms with Crippen molar-refractivity contribution in [3.63, 3.8) is 0 Å². The predicted octanol–water partition coefficient (Wildman–Crippen LogP) is 4.69. The molecule has 1 fully saturated rings. The molecule has 18 heavy (non-hydrogen) atoms. The van der Waals surface area contributed by atoms with Crippen LogP contribution in [0.3, 0.4) is 0 Å². The molecule has 0 saturated heterocycles. The van der Waals surface area contributed by atoms with Gasteiger partial charge in [0.1, 0.15) is 0 Å². The maximum absolute atomic E-state index is 6.26. The molecule has 0 spiro atoms. The third-order valence-corrected chi connectivity index (χ3v) is 4.82. The average Bonchev–Trinajstić information content (AvgIpc) is 2.36. The molecule has 1 saturated carbocycles. The van der Waals surface area contributed by atoms with Crippen molar-refractivity contribution in [3.05, 3.63) is 33.8 Å². The van der Waals surface area contributed by atoms with Crippen molar-refractivity contribution in [2.45, 2.75) is 45.1 Å². The van der Waals surface area contributed by atoms with E-state index in [4.69, 9.17) is 28.9 Å². The molecule has 3 heteroatoms. The molecule has 3 atom stereocenters. The van der Waals surface area contributed by atoms with Gasteiger partial charge in [0.05, 0.1) is 0 Å². The number of nitrogens with two attached hydrogens (primary N) is 1. The molecule has 0 aromatic heterocycles. The minimum absolute atomic E-state index is 0.308. The van der Waals surface area contributed by atoms with Crippen LogP contribution in [0.5, 0.6) is 0 Å². The summed E-state index contributed by atoms with van der Waals surface area (Å²) in [5.41, 5.74) is 7.40. The van der Waals surface area contributed by atoms with Crippen LogP contribution in [0, 0.1) is 11.8 Å². The van der Waals surface area contributed by atoms with Crippen LogP contribution in [0.2, 0.25) is 10.0 Å². The van der Waals surface area contributed by atoms with Gasteiger partial charge in [-0.25, -0.2) is 0 Å². The van der Waals surface area contributed by atoms with Crippen LogP contribution in [0.25, 0.3) is 0 Å². The van der Waals surface area contributed by atoms with Crippen LogP contribution in [0.15, 0.2) is 18.2 Å². The second kappa shape index (κ2) is 6.27. The largest absolute Gasteiger partial charge is 0.327 e. The molecule has 1 aromatic rings. The maximum atomic E-state index is 6.26. The summed E-state index contributed by atoms with van der Waals surface area (Å²) in [4.78, 5) is 0. The number of hydrogen-bond donors (Lipinski definition) is 1. The van der Waals surface area contributed by atoms with Gasteiger partial charge < -0.3 is 5.73 Å². The summed E-state index contributed by atoms with van der Waals surface area (Å²) in [5, 5.41) is 1.57. The van der Waals surface area contributed by atoms with E-state index >= 15 is 0 Å². The third kappa shape index (κ3) is 3.40. The van der Waals surface area contributed by atoms with E-state index in [0.717, 1.165) is 34.4 Å². The first-order chi connectivity index (χ1) is 8.60. The van der Waals surface area contributed by atoms with E-state index in [1.807, 2.05) is 18.2 Å². The van der Waals surface area contributed by atoms with Gasteiger partial charge in [-0.2, -0.15) is 0 Å². The van der Waals surface area contributed by atoms with Crippen molar-refractivity contribution in [1.29, 1.82) is 0 Å². The van der Waals surface area contributed by atoms with E-state index in [9.17, 15) is 0 Å². The summed E-state index contributed by atoms with van der Waals surface area (Å²) in [7, 11) is 0. The van der Waals surface area contributed by atoms with Gasteiger partial charge in [-0.1, -0.05) is 36.5 Å². The lowest BCUT2D eigenvalue weighted by Crippen LogP contribution is -2.37. The van der Waals surface area contributed by atoms with Crippen molar-refractivity contribution >= 4 is 23.2 Å². The Labute approximate surface area is 120 Å². The van der Waals surface area contributed by atoms with Crippen molar-refractivity contribution in [1.82, 2.24) is 0 Å². The van der Waals surface area contributed by atoms with Gasteiger partial charge in [0, 0.05) is 16.1 Å². The zero-order chi connectivity index (χ0) is 13.1. The Bertz CT molecular complexity index is 405. The molecule has 2 N–H and O–H groups in total. The Balaban J connectivity index is 2.09. The molecule has 0 aliphatic heterocycles. The third-order valence-electron chi connectivity index (χ3n) is 4.22. The number of halogens is 2.